The molecule has 0 atom stereocenters. The van der Waals surface area contributed by atoms with Crippen LogP contribution in [0.2, 0.25) is 5.02 Å². The summed E-state index contributed by atoms with van der Waals surface area (Å²) in [6.07, 6.45) is 0.300. The van der Waals surface area contributed by atoms with Gasteiger partial charge in [0.25, 0.3) is 0 Å². The van der Waals surface area contributed by atoms with Crippen LogP contribution in [0.5, 0.6) is 5.75 Å². The van der Waals surface area contributed by atoms with Crippen LogP contribution in [0.1, 0.15) is 17.8 Å². The summed E-state index contributed by atoms with van der Waals surface area (Å²) in [7, 11) is 0. The summed E-state index contributed by atoms with van der Waals surface area (Å²) in [5.41, 5.74) is 1.79. The lowest BCUT2D eigenvalue weighted by Crippen LogP contribution is -2.24. The molecule has 0 spiro atoms. The van der Waals surface area contributed by atoms with Crippen LogP contribution in [0.4, 0.5) is 0 Å². The lowest BCUT2D eigenvalue weighted by molar-refractivity contribution is -0.121. The molecule has 2 aromatic rings. The van der Waals surface area contributed by atoms with Crippen molar-refractivity contribution in [3.8, 4) is 5.75 Å². The lowest BCUT2D eigenvalue weighted by atomic mass is 10.3. The lowest BCUT2D eigenvalue weighted by Gasteiger charge is -2.07. The highest BCUT2D eigenvalue weighted by atomic mass is 35.5. The van der Waals surface area contributed by atoms with E-state index in [4.69, 9.17) is 16.3 Å². The molecule has 0 aliphatic heterocycles. The number of amides is 1. The Labute approximate surface area is 129 Å². The first-order valence-electron chi connectivity index (χ1n) is 6.71. The van der Waals surface area contributed by atoms with Crippen molar-refractivity contribution in [3.63, 3.8) is 0 Å². The molecule has 1 aromatic heterocycles. The summed E-state index contributed by atoms with van der Waals surface area (Å²) in [6, 6.07) is 12.8. The van der Waals surface area contributed by atoms with E-state index < -0.39 is 0 Å². The van der Waals surface area contributed by atoms with Gasteiger partial charge in [0.1, 0.15) is 5.75 Å². The number of rotatable bonds is 6. The van der Waals surface area contributed by atoms with Crippen LogP contribution in [0.15, 0.2) is 42.5 Å². The van der Waals surface area contributed by atoms with E-state index in [0.29, 0.717) is 30.3 Å². The standard InChI is InChI=1S/C16H17ClN2O2/c1-12-3-2-4-14(19-12)11-18-16(20)9-10-21-15-7-5-13(17)6-8-15/h2-8H,9-11H2,1H3,(H,18,20). The van der Waals surface area contributed by atoms with Crippen molar-refractivity contribution in [1.29, 1.82) is 0 Å². The predicted molar refractivity (Wildman–Crippen MR) is 82.4 cm³/mol. The van der Waals surface area contributed by atoms with Crippen LogP contribution < -0.4 is 10.1 Å². The van der Waals surface area contributed by atoms with E-state index in [1.807, 2.05) is 25.1 Å². The zero-order chi connectivity index (χ0) is 15.1. The average molecular weight is 305 g/mol. The molecule has 110 valence electrons. The number of aromatic nitrogens is 1. The molecular formula is C16H17ClN2O2. The van der Waals surface area contributed by atoms with Gasteiger partial charge in [0.2, 0.25) is 5.91 Å². The number of nitrogens with one attached hydrogen (secondary N) is 1. The molecule has 0 radical (unpaired) electrons. The normalized spacial score (nSPS) is 10.2. The Morgan fingerprint density at radius 3 is 2.71 bits per heavy atom. The van der Waals surface area contributed by atoms with Crippen LogP contribution in [0, 0.1) is 6.92 Å². The molecule has 1 aromatic carbocycles. The van der Waals surface area contributed by atoms with Crippen molar-refractivity contribution >= 4 is 17.5 Å². The Balaban J connectivity index is 1.69. The van der Waals surface area contributed by atoms with Crippen molar-refractivity contribution < 1.29 is 9.53 Å². The molecule has 0 saturated heterocycles. The maximum atomic E-state index is 11.7. The summed E-state index contributed by atoms with van der Waals surface area (Å²) >= 11 is 5.78. The van der Waals surface area contributed by atoms with E-state index in [0.717, 1.165) is 11.4 Å². The fourth-order valence-electron chi connectivity index (χ4n) is 1.77. The maximum Gasteiger partial charge on any atom is 0.223 e. The van der Waals surface area contributed by atoms with E-state index in [9.17, 15) is 4.79 Å². The molecule has 2 rings (SSSR count). The fraction of sp³-hybridized carbons (Fsp3) is 0.250. The third-order valence-corrected chi connectivity index (χ3v) is 3.08. The number of pyridine rings is 1. The summed E-state index contributed by atoms with van der Waals surface area (Å²) in [5.74, 6) is 0.639. The van der Waals surface area contributed by atoms with Gasteiger partial charge in [-0.1, -0.05) is 17.7 Å². The molecule has 1 N–H and O–H groups in total. The monoisotopic (exact) mass is 304 g/mol. The van der Waals surface area contributed by atoms with Gasteiger partial charge in [-0.25, -0.2) is 0 Å². The van der Waals surface area contributed by atoms with Crippen LogP contribution in [-0.4, -0.2) is 17.5 Å². The minimum atomic E-state index is -0.0627. The average Bonchev–Trinajstić information content (AvgIpc) is 2.47. The Bertz CT molecular complexity index is 599. The minimum absolute atomic E-state index is 0.0627. The van der Waals surface area contributed by atoms with Crippen LogP contribution in [0.3, 0.4) is 0 Å². The molecule has 4 nitrogen and oxygen atoms in total. The molecule has 0 unspecified atom stereocenters. The number of carbonyl (C=O) groups is 1. The van der Waals surface area contributed by atoms with E-state index in [-0.39, 0.29) is 5.91 Å². The fourth-order valence-corrected chi connectivity index (χ4v) is 1.89. The summed E-state index contributed by atoms with van der Waals surface area (Å²) in [5, 5.41) is 3.48. The van der Waals surface area contributed by atoms with Gasteiger partial charge in [-0.15, -0.1) is 0 Å². The zero-order valence-corrected chi connectivity index (χ0v) is 12.6. The van der Waals surface area contributed by atoms with Gasteiger partial charge in [0, 0.05) is 10.7 Å². The number of aryl methyl sites for hydroxylation is 1. The van der Waals surface area contributed by atoms with E-state index >= 15 is 0 Å². The number of hydrogen-bond donors (Lipinski definition) is 1. The van der Waals surface area contributed by atoms with Crippen molar-refractivity contribution in [2.45, 2.75) is 19.9 Å². The highest BCUT2D eigenvalue weighted by Gasteiger charge is 2.03. The zero-order valence-electron chi connectivity index (χ0n) is 11.8. The quantitative estimate of drug-likeness (QED) is 0.892. The molecule has 0 aliphatic rings. The summed E-state index contributed by atoms with van der Waals surface area (Å²) < 4.78 is 5.47. The second-order valence-corrected chi connectivity index (χ2v) is 5.04. The third-order valence-electron chi connectivity index (χ3n) is 2.82. The van der Waals surface area contributed by atoms with Crippen molar-refractivity contribution in [2.24, 2.45) is 0 Å². The molecule has 0 fully saturated rings. The smallest absolute Gasteiger partial charge is 0.223 e. The molecule has 5 heteroatoms. The summed E-state index contributed by atoms with van der Waals surface area (Å²) in [4.78, 5) is 16.0. The van der Waals surface area contributed by atoms with Gasteiger partial charge in [-0.3, -0.25) is 9.78 Å². The first-order chi connectivity index (χ1) is 10.1. The van der Waals surface area contributed by atoms with Gasteiger partial charge in [-0.2, -0.15) is 0 Å². The third kappa shape index (κ3) is 5.44. The number of hydrogen-bond acceptors (Lipinski definition) is 3. The first kappa shape index (κ1) is 15.3. The molecular weight excluding hydrogens is 288 g/mol. The SMILES string of the molecule is Cc1cccc(CNC(=O)CCOc2ccc(Cl)cc2)n1. The Morgan fingerprint density at radius 2 is 2.00 bits per heavy atom. The Morgan fingerprint density at radius 1 is 1.24 bits per heavy atom. The van der Waals surface area contributed by atoms with Crippen LogP contribution in [0.25, 0.3) is 0 Å². The molecule has 0 saturated carbocycles. The Hall–Kier alpha value is -2.07. The number of benzene rings is 1. The van der Waals surface area contributed by atoms with E-state index in [1.54, 1.807) is 24.3 Å². The van der Waals surface area contributed by atoms with Crippen LogP contribution >= 0.6 is 11.6 Å². The van der Waals surface area contributed by atoms with Gasteiger partial charge >= 0.3 is 0 Å². The largest absolute Gasteiger partial charge is 0.493 e. The second-order valence-electron chi connectivity index (χ2n) is 4.60. The number of halogens is 1. The van der Waals surface area contributed by atoms with Crippen molar-refractivity contribution in [3.05, 3.63) is 58.9 Å². The first-order valence-corrected chi connectivity index (χ1v) is 7.09. The number of carbonyl (C=O) groups excluding carboxylic acids is 1. The number of nitrogens with zero attached hydrogens (tertiary/aromatic N) is 1. The second kappa shape index (κ2) is 7.64. The van der Waals surface area contributed by atoms with Crippen molar-refractivity contribution in [2.75, 3.05) is 6.61 Å². The summed E-state index contributed by atoms with van der Waals surface area (Å²) in [6.45, 7) is 2.68. The predicted octanol–water partition coefficient (Wildman–Crippen LogP) is 3.13. The number of ether oxygens (including phenoxy) is 1. The van der Waals surface area contributed by atoms with Crippen LogP contribution in [-0.2, 0) is 11.3 Å². The van der Waals surface area contributed by atoms with Crippen molar-refractivity contribution in [1.82, 2.24) is 10.3 Å². The maximum absolute atomic E-state index is 11.7. The van der Waals surface area contributed by atoms with E-state index in [2.05, 4.69) is 10.3 Å². The van der Waals surface area contributed by atoms with Gasteiger partial charge in [-0.05, 0) is 43.3 Å². The minimum Gasteiger partial charge on any atom is -0.493 e. The molecule has 21 heavy (non-hydrogen) atoms. The van der Waals surface area contributed by atoms with Gasteiger partial charge in [0.05, 0.1) is 25.3 Å². The highest BCUT2D eigenvalue weighted by molar-refractivity contribution is 6.30. The molecule has 1 heterocycles. The van der Waals surface area contributed by atoms with Gasteiger partial charge in [0.15, 0.2) is 0 Å². The molecule has 1 amide bonds. The topological polar surface area (TPSA) is 51.2 Å². The van der Waals surface area contributed by atoms with Gasteiger partial charge < -0.3 is 10.1 Å². The Kier molecular flexibility index (Phi) is 5.58. The highest BCUT2D eigenvalue weighted by Crippen LogP contribution is 2.15. The molecule has 0 bridgehead atoms. The van der Waals surface area contributed by atoms with E-state index in [1.165, 1.54) is 0 Å². The molecule has 0 aliphatic carbocycles.